The van der Waals surface area contributed by atoms with Gasteiger partial charge in [-0.3, -0.25) is 14.5 Å². The number of morpholine rings is 1. The van der Waals surface area contributed by atoms with E-state index in [1.165, 1.54) is 18.7 Å². The number of nitrogens with one attached hydrogen (secondary N) is 1. The van der Waals surface area contributed by atoms with Gasteiger partial charge in [0.2, 0.25) is 11.8 Å². The van der Waals surface area contributed by atoms with Crippen LogP contribution in [0.15, 0.2) is 48.5 Å². The number of alkyl halides is 6. The summed E-state index contributed by atoms with van der Waals surface area (Å²) in [6.07, 6.45) is -10.1. The minimum absolute atomic E-state index is 0.0111. The monoisotopic (exact) mass is 559 g/mol. The maximum Gasteiger partial charge on any atom is 0.416 e. The summed E-state index contributed by atoms with van der Waals surface area (Å²) in [5.41, 5.74) is -4.95. The largest absolute Gasteiger partial charge is 0.416 e. The van der Waals surface area contributed by atoms with Crippen molar-refractivity contribution in [2.24, 2.45) is 0 Å². The lowest BCUT2D eigenvalue weighted by Crippen LogP contribution is -2.48. The van der Waals surface area contributed by atoms with Crippen molar-refractivity contribution in [3.63, 3.8) is 0 Å². The molecule has 1 atom stereocenters. The minimum Gasteiger partial charge on any atom is -0.379 e. The number of hydrogen-bond acceptors (Lipinski definition) is 4. The number of hydrogen-bond donors (Lipinski definition) is 1. The van der Waals surface area contributed by atoms with Gasteiger partial charge >= 0.3 is 12.4 Å². The third kappa shape index (κ3) is 7.72. The lowest BCUT2D eigenvalue weighted by Gasteiger charge is -2.32. The van der Waals surface area contributed by atoms with Crippen molar-refractivity contribution in [1.82, 2.24) is 15.1 Å². The van der Waals surface area contributed by atoms with E-state index in [1.54, 1.807) is 37.4 Å². The van der Waals surface area contributed by atoms with Crippen molar-refractivity contribution in [2.75, 3.05) is 46.4 Å². The van der Waals surface area contributed by atoms with Crippen LogP contribution in [-0.4, -0.2) is 68.1 Å². The summed E-state index contributed by atoms with van der Waals surface area (Å²) in [4.78, 5) is 30.5. The number of carbonyl (C=O) groups excluding carboxylic acids is 2. The molecule has 0 aliphatic carbocycles. The van der Waals surface area contributed by atoms with Crippen molar-refractivity contribution in [2.45, 2.75) is 37.7 Å². The first-order valence-electron chi connectivity index (χ1n) is 12.3. The van der Waals surface area contributed by atoms with Gasteiger partial charge in [0.05, 0.1) is 29.8 Å². The summed E-state index contributed by atoms with van der Waals surface area (Å²) in [5, 5.41) is 2.58. The molecule has 214 valence electrons. The number of carbonyl (C=O) groups is 2. The Morgan fingerprint density at radius 2 is 1.44 bits per heavy atom. The normalized spacial score (nSPS) is 16.0. The number of benzene rings is 2. The Labute approximate surface area is 222 Å². The fourth-order valence-electron chi connectivity index (χ4n) is 4.14. The number of ether oxygens (including phenoxy) is 1. The molecule has 2 aromatic carbocycles. The fourth-order valence-corrected chi connectivity index (χ4v) is 4.14. The van der Waals surface area contributed by atoms with Crippen molar-refractivity contribution < 1.29 is 40.7 Å². The molecule has 1 N–H and O–H groups in total. The lowest BCUT2D eigenvalue weighted by molar-refractivity contribution is -0.143. The molecule has 3 rings (SSSR count). The van der Waals surface area contributed by atoms with Gasteiger partial charge in [0.25, 0.3) is 0 Å². The van der Waals surface area contributed by atoms with Gasteiger partial charge in [-0.15, -0.1) is 0 Å². The van der Waals surface area contributed by atoms with E-state index < -0.39 is 52.3 Å². The molecule has 1 heterocycles. The Hall–Kier alpha value is -3.12. The molecule has 1 aliphatic heterocycles. The Kier molecular flexibility index (Phi) is 9.32. The Morgan fingerprint density at radius 3 is 1.95 bits per heavy atom. The van der Waals surface area contributed by atoms with Crippen molar-refractivity contribution >= 4 is 11.8 Å². The van der Waals surface area contributed by atoms with Gasteiger partial charge in [0.15, 0.2) is 0 Å². The second kappa shape index (κ2) is 12.0. The van der Waals surface area contributed by atoms with Crippen LogP contribution >= 0.6 is 0 Å². The molecule has 0 radical (unpaired) electrons. The van der Waals surface area contributed by atoms with E-state index in [0.29, 0.717) is 57.1 Å². The van der Waals surface area contributed by atoms with Gasteiger partial charge in [-0.25, -0.2) is 0 Å². The van der Waals surface area contributed by atoms with Gasteiger partial charge in [0.1, 0.15) is 6.04 Å². The van der Waals surface area contributed by atoms with E-state index in [4.69, 9.17) is 4.74 Å². The molecule has 0 unspecified atom stereocenters. The molecule has 0 bridgehead atoms. The smallest absolute Gasteiger partial charge is 0.379 e. The zero-order valence-electron chi connectivity index (χ0n) is 21.8. The maximum atomic E-state index is 13.5. The number of amides is 2. The zero-order chi connectivity index (χ0) is 29.0. The molecule has 12 heteroatoms. The van der Waals surface area contributed by atoms with E-state index in [0.717, 1.165) is 0 Å². The molecule has 1 aliphatic rings. The molecule has 2 aromatic rings. The second-order valence-electron chi connectivity index (χ2n) is 9.95. The van der Waals surface area contributed by atoms with E-state index in [1.807, 2.05) is 0 Å². The Bertz CT molecular complexity index is 1110. The molecule has 6 nitrogen and oxygen atoms in total. The third-order valence-electron chi connectivity index (χ3n) is 6.76. The molecular formula is C27H31F6N3O3. The highest BCUT2D eigenvalue weighted by Gasteiger charge is 2.41. The van der Waals surface area contributed by atoms with Gasteiger partial charge in [-0.1, -0.05) is 30.3 Å². The molecule has 0 aromatic heterocycles. The van der Waals surface area contributed by atoms with E-state index >= 15 is 0 Å². The van der Waals surface area contributed by atoms with Crippen LogP contribution < -0.4 is 5.32 Å². The first-order chi connectivity index (χ1) is 18.1. The van der Waals surface area contributed by atoms with E-state index in [9.17, 15) is 35.9 Å². The standard InChI is InChI=1S/C27H31F6N3O3/c1-25(2,19-15-20(26(28,29)30)17-21(16-19)27(31,32)33)24(38)34-22(18-7-5-4-6-8-18)23(37)35(3)9-10-36-11-13-39-14-12-36/h4-8,15-17,22H,9-14H2,1-3H3,(H,34,38)/t22-/m0/s1. The third-order valence-corrected chi connectivity index (χ3v) is 6.76. The summed E-state index contributed by atoms with van der Waals surface area (Å²) in [6.45, 7) is 5.93. The molecule has 0 saturated carbocycles. The van der Waals surface area contributed by atoms with Crippen LogP contribution in [0, 0.1) is 0 Å². The van der Waals surface area contributed by atoms with E-state index in [2.05, 4.69) is 10.2 Å². The lowest BCUT2D eigenvalue weighted by atomic mass is 9.81. The first kappa shape index (κ1) is 30.4. The predicted octanol–water partition coefficient (Wildman–Crippen LogP) is 4.65. The van der Waals surface area contributed by atoms with Crippen LogP contribution in [-0.2, 0) is 32.1 Å². The van der Waals surface area contributed by atoms with Crippen LogP contribution in [0.5, 0.6) is 0 Å². The van der Waals surface area contributed by atoms with Crippen molar-refractivity contribution in [1.29, 1.82) is 0 Å². The van der Waals surface area contributed by atoms with Crippen LogP contribution in [0.3, 0.4) is 0 Å². The molecule has 1 fully saturated rings. The SMILES string of the molecule is CN(CCN1CCOCC1)C(=O)[C@@H](NC(=O)C(C)(C)c1cc(C(F)(F)F)cc(C(F)(F)F)c1)c1ccccc1. The van der Waals surface area contributed by atoms with Gasteiger partial charge < -0.3 is 15.0 Å². The summed E-state index contributed by atoms with van der Waals surface area (Å²) in [6, 6.07) is 8.10. The highest BCUT2D eigenvalue weighted by atomic mass is 19.4. The summed E-state index contributed by atoms with van der Waals surface area (Å²) in [7, 11) is 1.57. The van der Waals surface area contributed by atoms with Crippen molar-refractivity contribution in [3.8, 4) is 0 Å². The topological polar surface area (TPSA) is 61.9 Å². The molecule has 2 amide bonds. The van der Waals surface area contributed by atoms with Crippen LogP contribution in [0.1, 0.15) is 42.1 Å². The Morgan fingerprint density at radius 1 is 0.923 bits per heavy atom. The zero-order valence-corrected chi connectivity index (χ0v) is 21.8. The molecular weight excluding hydrogens is 528 g/mol. The summed E-state index contributed by atoms with van der Waals surface area (Å²) < 4.78 is 85.9. The summed E-state index contributed by atoms with van der Waals surface area (Å²) >= 11 is 0. The summed E-state index contributed by atoms with van der Waals surface area (Å²) in [5.74, 6) is -1.38. The number of rotatable bonds is 8. The van der Waals surface area contributed by atoms with Gasteiger partial charge in [0, 0.05) is 33.2 Å². The van der Waals surface area contributed by atoms with E-state index in [-0.39, 0.29) is 6.07 Å². The number of nitrogens with zero attached hydrogens (tertiary/aromatic N) is 2. The highest BCUT2D eigenvalue weighted by molar-refractivity contribution is 5.93. The second-order valence-corrected chi connectivity index (χ2v) is 9.95. The van der Waals surface area contributed by atoms with Gasteiger partial charge in [-0.2, -0.15) is 26.3 Å². The molecule has 0 spiro atoms. The van der Waals surface area contributed by atoms with Crippen LogP contribution in [0.4, 0.5) is 26.3 Å². The maximum absolute atomic E-state index is 13.5. The molecule has 1 saturated heterocycles. The first-order valence-corrected chi connectivity index (χ1v) is 12.3. The Balaban J connectivity index is 1.89. The highest BCUT2D eigenvalue weighted by Crippen LogP contribution is 2.39. The van der Waals surface area contributed by atoms with Crippen LogP contribution in [0.25, 0.3) is 0 Å². The quantitative estimate of drug-likeness (QED) is 0.479. The number of likely N-dealkylation sites (N-methyl/N-ethyl adjacent to an activating group) is 1. The predicted molar refractivity (Wildman–Crippen MR) is 132 cm³/mol. The average Bonchev–Trinajstić information content (AvgIpc) is 2.89. The average molecular weight is 560 g/mol. The minimum atomic E-state index is -5.06. The van der Waals surface area contributed by atoms with Gasteiger partial charge in [-0.05, 0) is 43.2 Å². The van der Waals surface area contributed by atoms with Crippen LogP contribution in [0.2, 0.25) is 0 Å². The fraction of sp³-hybridized carbons (Fsp3) is 0.481. The van der Waals surface area contributed by atoms with Crippen molar-refractivity contribution in [3.05, 3.63) is 70.8 Å². The number of halogens is 6. The molecule has 39 heavy (non-hydrogen) atoms.